The predicted molar refractivity (Wildman–Crippen MR) is 105 cm³/mol. The van der Waals surface area contributed by atoms with Crippen molar-refractivity contribution in [2.24, 2.45) is 0 Å². The molecular weight excluding hydrogens is 400 g/mol. The van der Waals surface area contributed by atoms with Crippen molar-refractivity contribution in [2.45, 2.75) is 0 Å². The summed E-state index contributed by atoms with van der Waals surface area (Å²) in [5.41, 5.74) is 0.357. The Labute approximate surface area is 167 Å². The third kappa shape index (κ3) is 4.08. The van der Waals surface area contributed by atoms with E-state index in [2.05, 4.69) is 0 Å². The summed E-state index contributed by atoms with van der Waals surface area (Å²) in [7, 11) is 0. The van der Waals surface area contributed by atoms with E-state index in [0.717, 1.165) is 16.4 Å². The van der Waals surface area contributed by atoms with Crippen LogP contribution in [0.2, 0.25) is 0 Å². The zero-order valence-electron chi connectivity index (χ0n) is 14.6. The van der Waals surface area contributed by atoms with Crippen molar-refractivity contribution < 1.29 is 28.7 Å². The molecule has 1 atom stereocenters. The van der Waals surface area contributed by atoms with Gasteiger partial charge in [0, 0.05) is 12.1 Å². The third-order valence-corrected chi connectivity index (χ3v) is 4.81. The molecule has 0 fully saturated rings. The minimum Gasteiger partial charge on any atom is -0.755 e. The molecule has 3 rings (SSSR count). The topological polar surface area (TPSA) is 144 Å². The Balaban J connectivity index is 2.10. The maximum absolute atomic E-state index is 11.9. The molecule has 0 bridgehead atoms. The first-order valence-corrected chi connectivity index (χ1v) is 9.12. The Kier molecular flexibility index (Phi) is 5.57. The van der Waals surface area contributed by atoms with E-state index < -0.39 is 27.9 Å². The Bertz CT molecular complexity index is 1130. The van der Waals surface area contributed by atoms with Gasteiger partial charge in [0.05, 0.1) is 33.1 Å². The molecule has 29 heavy (non-hydrogen) atoms. The van der Waals surface area contributed by atoms with Crippen molar-refractivity contribution in [3.8, 4) is 16.9 Å². The molecule has 1 unspecified atom stereocenters. The van der Waals surface area contributed by atoms with Gasteiger partial charge in [0.1, 0.15) is 11.3 Å². The molecule has 10 heteroatoms. The fourth-order valence-electron chi connectivity index (χ4n) is 2.83. The fraction of sp³-hybridized carbons (Fsp3) is 0. The first kappa shape index (κ1) is 20.0. The number of para-hydroxylation sites is 1. The summed E-state index contributed by atoms with van der Waals surface area (Å²) in [5.74, 6) is -1.96. The van der Waals surface area contributed by atoms with Gasteiger partial charge in [0.2, 0.25) is 0 Å². The van der Waals surface area contributed by atoms with E-state index in [1.807, 2.05) is 0 Å². The zero-order chi connectivity index (χ0) is 21.1. The van der Waals surface area contributed by atoms with Gasteiger partial charge in [0.25, 0.3) is 5.69 Å². The third-order valence-electron chi connectivity index (χ3n) is 4.09. The number of phenols is 1. The molecule has 0 saturated carbocycles. The molecule has 3 aromatic rings. The van der Waals surface area contributed by atoms with E-state index in [1.54, 1.807) is 18.2 Å². The summed E-state index contributed by atoms with van der Waals surface area (Å²) in [5, 5.41) is 30.2. The monoisotopic (exact) mass is 413 g/mol. The number of aromatic carboxylic acids is 1. The van der Waals surface area contributed by atoms with E-state index in [9.17, 15) is 28.8 Å². The van der Waals surface area contributed by atoms with Gasteiger partial charge in [-0.2, -0.15) is 0 Å². The quantitative estimate of drug-likeness (QED) is 0.357. The lowest BCUT2D eigenvalue weighted by atomic mass is 10.0. The second-order valence-electron chi connectivity index (χ2n) is 5.84. The van der Waals surface area contributed by atoms with Crippen LogP contribution in [-0.2, 0) is 11.3 Å². The van der Waals surface area contributed by atoms with Crippen LogP contribution < -0.4 is 4.31 Å². The molecular formula is C19H13N2O7S-. The molecule has 9 nitrogen and oxygen atoms in total. The van der Waals surface area contributed by atoms with Gasteiger partial charge in [-0.25, -0.2) is 4.79 Å². The molecule has 0 aliphatic carbocycles. The summed E-state index contributed by atoms with van der Waals surface area (Å²) in [6, 6.07) is 15.4. The van der Waals surface area contributed by atoms with Crippen LogP contribution in [0.5, 0.6) is 5.75 Å². The number of rotatable bonds is 6. The van der Waals surface area contributed by atoms with Crippen LogP contribution in [0.1, 0.15) is 10.4 Å². The van der Waals surface area contributed by atoms with E-state index in [4.69, 9.17) is 5.11 Å². The highest BCUT2D eigenvalue weighted by atomic mass is 32.2. The van der Waals surface area contributed by atoms with Gasteiger partial charge < -0.3 is 14.8 Å². The van der Waals surface area contributed by atoms with Crippen molar-refractivity contribution in [3.05, 3.63) is 82.4 Å². The summed E-state index contributed by atoms with van der Waals surface area (Å²) in [4.78, 5) is 21.8. The molecule has 0 heterocycles. The molecule has 0 saturated heterocycles. The van der Waals surface area contributed by atoms with Gasteiger partial charge in [0.15, 0.2) is 0 Å². The number of nitrogens with zero attached hydrogens (tertiary/aromatic N) is 2. The second-order valence-corrected chi connectivity index (χ2v) is 6.64. The van der Waals surface area contributed by atoms with Crippen LogP contribution in [-0.4, -0.2) is 29.9 Å². The van der Waals surface area contributed by atoms with Crippen LogP contribution in [0.25, 0.3) is 11.1 Å². The largest absolute Gasteiger partial charge is 0.755 e. The standard InChI is InChI=1S/C19H14N2O7S/c22-18-11-14(8-9-16(18)19(23)24)20(29(27)28)13-5-3-4-12(10-13)15-6-1-2-7-17(15)21(25)26/h1-11,22H,(H,23,24)(H,27,28)/p-1. The lowest BCUT2D eigenvalue weighted by Crippen LogP contribution is -2.19. The second kappa shape index (κ2) is 8.09. The van der Waals surface area contributed by atoms with Crippen molar-refractivity contribution in [3.63, 3.8) is 0 Å². The lowest BCUT2D eigenvalue weighted by Gasteiger charge is -2.27. The van der Waals surface area contributed by atoms with Gasteiger partial charge in [-0.05, 0) is 35.9 Å². The van der Waals surface area contributed by atoms with Gasteiger partial charge in [-0.3, -0.25) is 18.6 Å². The maximum Gasteiger partial charge on any atom is 0.339 e. The predicted octanol–water partition coefficient (Wildman–Crippen LogP) is 3.60. The Morgan fingerprint density at radius 1 is 1.00 bits per heavy atom. The van der Waals surface area contributed by atoms with Crippen molar-refractivity contribution >= 4 is 34.3 Å². The fourth-order valence-corrected chi connectivity index (χ4v) is 3.40. The zero-order valence-corrected chi connectivity index (χ0v) is 15.4. The van der Waals surface area contributed by atoms with Crippen molar-refractivity contribution in [1.82, 2.24) is 0 Å². The van der Waals surface area contributed by atoms with Crippen molar-refractivity contribution in [2.75, 3.05) is 4.31 Å². The first-order valence-electron chi connectivity index (χ1n) is 8.09. The minimum absolute atomic E-state index is 0.000504. The number of nitro benzene ring substituents is 1. The first-order chi connectivity index (χ1) is 13.8. The molecule has 2 N–H and O–H groups in total. The lowest BCUT2D eigenvalue weighted by molar-refractivity contribution is -0.384. The Hall–Kier alpha value is -3.76. The number of carboxylic acid groups (broad SMARTS) is 1. The average Bonchev–Trinajstić information content (AvgIpc) is 2.68. The number of hydrogen-bond donors (Lipinski definition) is 2. The summed E-state index contributed by atoms with van der Waals surface area (Å²) in [6.07, 6.45) is 0. The minimum atomic E-state index is -2.82. The SMILES string of the molecule is O=C(O)c1ccc(N(c2cccc(-c3ccccc3[N+](=O)[O-])c2)S(=O)[O-])cc1O. The summed E-state index contributed by atoms with van der Waals surface area (Å²) in [6.45, 7) is 0. The van der Waals surface area contributed by atoms with E-state index in [1.165, 1.54) is 36.4 Å². The molecule has 0 aromatic heterocycles. The Morgan fingerprint density at radius 3 is 2.31 bits per heavy atom. The van der Waals surface area contributed by atoms with E-state index in [0.29, 0.717) is 11.1 Å². The van der Waals surface area contributed by atoms with Crippen LogP contribution in [0.4, 0.5) is 17.1 Å². The molecule has 0 aliphatic rings. The molecule has 0 radical (unpaired) electrons. The summed E-state index contributed by atoms with van der Waals surface area (Å²) >= 11 is -2.82. The summed E-state index contributed by atoms with van der Waals surface area (Å²) < 4.78 is 24.6. The highest BCUT2D eigenvalue weighted by Gasteiger charge is 2.18. The number of aromatic hydroxyl groups is 1. The Morgan fingerprint density at radius 2 is 1.69 bits per heavy atom. The highest BCUT2D eigenvalue weighted by molar-refractivity contribution is 7.81. The molecule has 3 aromatic carbocycles. The van der Waals surface area contributed by atoms with Crippen molar-refractivity contribution in [1.29, 1.82) is 0 Å². The van der Waals surface area contributed by atoms with Gasteiger partial charge in [-0.15, -0.1) is 0 Å². The van der Waals surface area contributed by atoms with Gasteiger partial charge >= 0.3 is 5.97 Å². The molecule has 148 valence electrons. The molecule has 0 amide bonds. The molecule has 0 aliphatic heterocycles. The number of anilines is 2. The van der Waals surface area contributed by atoms with E-state index >= 15 is 0 Å². The van der Waals surface area contributed by atoms with E-state index in [-0.39, 0.29) is 22.6 Å². The average molecular weight is 413 g/mol. The normalized spacial score (nSPS) is 11.6. The maximum atomic E-state index is 11.9. The number of benzene rings is 3. The smallest absolute Gasteiger partial charge is 0.339 e. The van der Waals surface area contributed by atoms with Crippen LogP contribution >= 0.6 is 0 Å². The van der Waals surface area contributed by atoms with Crippen LogP contribution in [0.15, 0.2) is 66.7 Å². The number of hydrogen-bond acceptors (Lipinski definition) is 6. The highest BCUT2D eigenvalue weighted by Crippen LogP contribution is 2.35. The van der Waals surface area contributed by atoms with Gasteiger partial charge in [-0.1, -0.05) is 24.3 Å². The number of carboxylic acids is 1. The number of carbonyl (C=O) groups is 1. The number of nitro groups is 1. The molecule has 0 spiro atoms. The van der Waals surface area contributed by atoms with Crippen LogP contribution in [0, 0.1) is 10.1 Å². The van der Waals surface area contributed by atoms with Crippen LogP contribution in [0.3, 0.4) is 0 Å².